The molecule has 0 bridgehead atoms. The van der Waals surface area contributed by atoms with E-state index in [9.17, 15) is 14.0 Å². The third-order valence-electron chi connectivity index (χ3n) is 5.44. The van der Waals surface area contributed by atoms with Crippen molar-refractivity contribution in [3.05, 3.63) is 59.6 Å². The number of aryl methyl sites for hydroxylation is 1. The van der Waals surface area contributed by atoms with Crippen LogP contribution in [0.5, 0.6) is 0 Å². The van der Waals surface area contributed by atoms with E-state index >= 15 is 0 Å². The average Bonchev–Trinajstić information content (AvgIpc) is 3.01. The second-order valence-electron chi connectivity index (χ2n) is 7.90. The summed E-state index contributed by atoms with van der Waals surface area (Å²) in [6.07, 6.45) is 0.551. The number of hydrogen-bond acceptors (Lipinski definition) is 3. The minimum atomic E-state index is -0.388. The van der Waals surface area contributed by atoms with E-state index in [2.05, 4.69) is 10.6 Å². The second kappa shape index (κ2) is 7.82. The molecule has 4 rings (SSSR count). The van der Waals surface area contributed by atoms with E-state index in [-0.39, 0.29) is 29.7 Å². The Balaban J connectivity index is 1.53. The molecule has 0 aliphatic carbocycles. The van der Waals surface area contributed by atoms with Crippen LogP contribution >= 0.6 is 0 Å². The van der Waals surface area contributed by atoms with Crippen molar-refractivity contribution >= 4 is 34.3 Å². The van der Waals surface area contributed by atoms with E-state index < -0.39 is 0 Å². The van der Waals surface area contributed by atoms with Crippen LogP contribution in [-0.4, -0.2) is 18.5 Å². The molecule has 6 nitrogen and oxygen atoms in total. The van der Waals surface area contributed by atoms with E-state index in [0.717, 1.165) is 11.3 Å². The molecule has 0 radical (unpaired) electrons. The highest BCUT2D eigenvalue weighted by Crippen LogP contribution is 2.33. The minimum Gasteiger partial charge on any atom is -0.459 e. The summed E-state index contributed by atoms with van der Waals surface area (Å²) in [6, 6.07) is 10.8. The smallest absolute Gasteiger partial charge is 0.319 e. The first-order chi connectivity index (χ1) is 14.3. The van der Waals surface area contributed by atoms with Gasteiger partial charge in [-0.1, -0.05) is 19.9 Å². The Hall–Kier alpha value is -3.35. The Kier molecular flexibility index (Phi) is 5.20. The normalized spacial score (nSPS) is 14.7. The fourth-order valence-electron chi connectivity index (χ4n) is 3.69. The van der Waals surface area contributed by atoms with Gasteiger partial charge >= 0.3 is 6.03 Å². The van der Waals surface area contributed by atoms with Gasteiger partial charge in [0.25, 0.3) is 0 Å². The largest absolute Gasteiger partial charge is 0.459 e. The maximum absolute atomic E-state index is 13.6. The van der Waals surface area contributed by atoms with Gasteiger partial charge in [0.05, 0.1) is 6.04 Å². The van der Waals surface area contributed by atoms with Crippen LogP contribution in [-0.2, 0) is 4.79 Å². The Morgan fingerprint density at radius 3 is 2.67 bits per heavy atom. The number of fused-ring (bicyclic) bond motifs is 1. The summed E-state index contributed by atoms with van der Waals surface area (Å²) >= 11 is 0. The summed E-state index contributed by atoms with van der Waals surface area (Å²) < 4.78 is 19.6. The lowest BCUT2D eigenvalue weighted by atomic mass is 9.98. The number of anilines is 2. The quantitative estimate of drug-likeness (QED) is 0.573. The van der Waals surface area contributed by atoms with Crippen molar-refractivity contribution in [1.82, 2.24) is 5.32 Å². The van der Waals surface area contributed by atoms with Crippen LogP contribution in [0.1, 0.15) is 37.6 Å². The van der Waals surface area contributed by atoms with Gasteiger partial charge in [-0.15, -0.1) is 0 Å². The van der Waals surface area contributed by atoms with Crippen molar-refractivity contribution in [1.29, 1.82) is 0 Å². The first-order valence-electron chi connectivity index (χ1n) is 10.00. The zero-order valence-electron chi connectivity index (χ0n) is 17.2. The van der Waals surface area contributed by atoms with Gasteiger partial charge in [-0.2, -0.15) is 0 Å². The number of carbonyl (C=O) groups excluding carboxylic acids is 2. The summed E-state index contributed by atoms with van der Waals surface area (Å²) in [5.74, 6) is 0.407. The predicted molar refractivity (Wildman–Crippen MR) is 114 cm³/mol. The van der Waals surface area contributed by atoms with Crippen LogP contribution in [0.4, 0.5) is 20.6 Å². The summed E-state index contributed by atoms with van der Waals surface area (Å²) in [6.45, 7) is 6.52. The number of amides is 3. The molecule has 0 spiro atoms. The molecule has 0 unspecified atom stereocenters. The van der Waals surface area contributed by atoms with Crippen LogP contribution < -0.4 is 15.5 Å². The van der Waals surface area contributed by atoms with Crippen molar-refractivity contribution in [2.75, 3.05) is 16.8 Å². The Labute approximate surface area is 174 Å². The molecule has 1 aliphatic heterocycles. The molecule has 7 heteroatoms. The van der Waals surface area contributed by atoms with Crippen LogP contribution in [0.2, 0.25) is 0 Å². The van der Waals surface area contributed by atoms with E-state index in [1.165, 1.54) is 12.1 Å². The van der Waals surface area contributed by atoms with Crippen molar-refractivity contribution < 1.29 is 18.4 Å². The summed E-state index contributed by atoms with van der Waals surface area (Å²) in [4.78, 5) is 26.0. The number of halogens is 1. The number of rotatable bonds is 5. The second-order valence-corrected chi connectivity index (χ2v) is 7.90. The lowest BCUT2D eigenvalue weighted by Gasteiger charge is -2.31. The molecule has 1 saturated heterocycles. The molecule has 1 atom stereocenters. The van der Waals surface area contributed by atoms with E-state index in [4.69, 9.17) is 4.42 Å². The molecule has 156 valence electrons. The van der Waals surface area contributed by atoms with Gasteiger partial charge in [0.15, 0.2) is 0 Å². The van der Waals surface area contributed by atoms with Gasteiger partial charge in [0.2, 0.25) is 5.91 Å². The molecule has 3 amide bonds. The highest BCUT2D eigenvalue weighted by atomic mass is 19.1. The molecule has 30 heavy (non-hydrogen) atoms. The number of β-lactam (4-membered cyclic amide) rings is 1. The van der Waals surface area contributed by atoms with E-state index in [0.29, 0.717) is 35.4 Å². The van der Waals surface area contributed by atoms with Crippen LogP contribution in [0.25, 0.3) is 11.0 Å². The van der Waals surface area contributed by atoms with Gasteiger partial charge < -0.3 is 20.0 Å². The molecule has 2 aromatic carbocycles. The standard InChI is InChI=1S/C23H24FN3O3/c1-13(2)21(22-14(3)18-11-15(24)7-8-19(18)30-22)26-23(29)25-16-5-4-6-17(12-16)27-10-9-20(27)28/h4-8,11-13,21H,9-10H2,1-3H3,(H2,25,26,29)/t21-/m0/s1. The summed E-state index contributed by atoms with van der Waals surface area (Å²) in [7, 11) is 0. The maximum atomic E-state index is 13.6. The lowest BCUT2D eigenvalue weighted by Crippen LogP contribution is -2.43. The molecule has 1 fully saturated rings. The van der Waals surface area contributed by atoms with Gasteiger partial charge in [0.1, 0.15) is 17.2 Å². The summed E-state index contributed by atoms with van der Waals surface area (Å²) in [5.41, 5.74) is 2.75. The minimum absolute atomic E-state index is 0.0462. The van der Waals surface area contributed by atoms with E-state index in [1.54, 1.807) is 29.2 Å². The zero-order valence-corrected chi connectivity index (χ0v) is 17.2. The topological polar surface area (TPSA) is 74.6 Å². The third kappa shape index (κ3) is 3.75. The fourth-order valence-corrected chi connectivity index (χ4v) is 3.69. The lowest BCUT2D eigenvalue weighted by molar-refractivity contribution is -0.122. The van der Waals surface area contributed by atoms with Crippen molar-refractivity contribution in [2.24, 2.45) is 5.92 Å². The van der Waals surface area contributed by atoms with Gasteiger partial charge in [0, 0.05) is 35.3 Å². The number of urea groups is 1. The van der Waals surface area contributed by atoms with Crippen molar-refractivity contribution in [3.8, 4) is 0 Å². The van der Waals surface area contributed by atoms with Gasteiger partial charge in [-0.05, 0) is 49.2 Å². The monoisotopic (exact) mass is 409 g/mol. The molecule has 2 N–H and O–H groups in total. The Morgan fingerprint density at radius 2 is 2.00 bits per heavy atom. The number of carbonyl (C=O) groups is 2. The molecular formula is C23H24FN3O3. The molecule has 2 heterocycles. The van der Waals surface area contributed by atoms with Crippen LogP contribution in [0, 0.1) is 18.7 Å². The third-order valence-corrected chi connectivity index (χ3v) is 5.44. The number of nitrogens with one attached hydrogen (secondary N) is 2. The average molecular weight is 409 g/mol. The number of nitrogens with zero attached hydrogens (tertiary/aromatic N) is 1. The van der Waals surface area contributed by atoms with Crippen molar-refractivity contribution in [2.45, 2.75) is 33.2 Å². The van der Waals surface area contributed by atoms with Crippen LogP contribution in [0.3, 0.4) is 0 Å². The molecule has 3 aromatic rings. The van der Waals surface area contributed by atoms with Crippen molar-refractivity contribution in [3.63, 3.8) is 0 Å². The Bertz CT molecular complexity index is 1120. The summed E-state index contributed by atoms with van der Waals surface area (Å²) in [5, 5.41) is 6.49. The first-order valence-corrected chi connectivity index (χ1v) is 10.00. The number of furan rings is 1. The predicted octanol–water partition coefficient (Wildman–Crippen LogP) is 5.14. The Morgan fingerprint density at radius 1 is 1.20 bits per heavy atom. The molecule has 0 saturated carbocycles. The number of hydrogen-bond donors (Lipinski definition) is 2. The first kappa shape index (κ1) is 19.9. The van der Waals surface area contributed by atoms with Gasteiger partial charge in [-0.3, -0.25) is 4.79 Å². The maximum Gasteiger partial charge on any atom is 0.319 e. The molecular weight excluding hydrogens is 385 g/mol. The SMILES string of the molecule is Cc1c([C@@H](NC(=O)Nc2cccc(N3CCC3=O)c2)C(C)C)oc2ccc(F)cc12. The van der Waals surface area contributed by atoms with Gasteiger partial charge in [-0.25, -0.2) is 9.18 Å². The number of benzene rings is 2. The highest BCUT2D eigenvalue weighted by Gasteiger charge is 2.27. The van der Waals surface area contributed by atoms with E-state index in [1.807, 2.05) is 26.8 Å². The molecule has 1 aliphatic rings. The van der Waals surface area contributed by atoms with Crippen LogP contribution in [0.15, 0.2) is 46.9 Å². The zero-order chi connectivity index (χ0) is 21.4. The molecule has 1 aromatic heterocycles. The fraction of sp³-hybridized carbons (Fsp3) is 0.304. The highest BCUT2D eigenvalue weighted by molar-refractivity contribution is 6.00.